The molecule has 1 aromatic rings. The topological polar surface area (TPSA) is 86.7 Å². The third kappa shape index (κ3) is 4.65. The highest BCUT2D eigenvalue weighted by molar-refractivity contribution is 7.91. The lowest BCUT2D eigenvalue weighted by Gasteiger charge is -2.08. The van der Waals surface area contributed by atoms with Gasteiger partial charge in [-0.1, -0.05) is 18.2 Å². The van der Waals surface area contributed by atoms with Gasteiger partial charge in [-0.15, -0.1) is 0 Å². The maximum absolute atomic E-state index is 11.9. The Balaban J connectivity index is 2.93. The molecule has 0 fully saturated rings. The maximum Gasteiger partial charge on any atom is 0.338 e. The van der Waals surface area contributed by atoms with Gasteiger partial charge in [0.2, 0.25) is 0 Å². The maximum atomic E-state index is 11.9. The van der Waals surface area contributed by atoms with Crippen molar-refractivity contribution in [2.24, 2.45) is 0 Å². The fourth-order valence-electron chi connectivity index (χ4n) is 1.63. The molecule has 0 saturated carbocycles. The number of carbonyl (C=O) groups excluding carboxylic acids is 2. The molecule has 0 bridgehead atoms. The van der Waals surface area contributed by atoms with Crippen molar-refractivity contribution in [3.63, 3.8) is 0 Å². The first-order valence-corrected chi connectivity index (χ1v) is 7.74. The normalized spacial score (nSPS) is 10.9. The summed E-state index contributed by atoms with van der Waals surface area (Å²) in [5.74, 6) is -2.55. The lowest BCUT2D eigenvalue weighted by Crippen LogP contribution is -2.21. The molecule has 20 heavy (non-hydrogen) atoms. The number of hydrogen-bond acceptors (Lipinski definition) is 6. The Labute approximate surface area is 117 Å². The number of methoxy groups -OCH3 is 1. The Hall–Kier alpha value is -1.89. The highest BCUT2D eigenvalue weighted by Crippen LogP contribution is 2.14. The molecule has 0 atom stereocenters. The molecule has 110 valence electrons. The van der Waals surface area contributed by atoms with Crippen LogP contribution in [0, 0.1) is 0 Å². The van der Waals surface area contributed by atoms with Crippen molar-refractivity contribution >= 4 is 21.8 Å². The Morgan fingerprint density at radius 1 is 1.20 bits per heavy atom. The highest BCUT2D eigenvalue weighted by atomic mass is 32.2. The first-order chi connectivity index (χ1) is 9.39. The molecular formula is C13H16O6S. The first-order valence-electron chi connectivity index (χ1n) is 5.92. The van der Waals surface area contributed by atoms with E-state index >= 15 is 0 Å². The molecule has 0 amide bonds. The average Bonchev–Trinajstić information content (AvgIpc) is 2.37. The zero-order valence-electron chi connectivity index (χ0n) is 11.3. The summed E-state index contributed by atoms with van der Waals surface area (Å²) < 4.78 is 33.0. The van der Waals surface area contributed by atoms with Crippen LogP contribution in [-0.2, 0) is 29.9 Å². The quantitative estimate of drug-likeness (QED) is 0.727. The third-order valence-corrected chi connectivity index (χ3v) is 3.87. The second-order valence-corrected chi connectivity index (χ2v) is 6.05. The lowest BCUT2D eigenvalue weighted by atomic mass is 10.1. The summed E-state index contributed by atoms with van der Waals surface area (Å²) >= 11 is 0. The van der Waals surface area contributed by atoms with Crippen LogP contribution in [0.3, 0.4) is 0 Å². The van der Waals surface area contributed by atoms with Crippen LogP contribution in [0.4, 0.5) is 0 Å². The van der Waals surface area contributed by atoms with Crippen molar-refractivity contribution in [2.45, 2.75) is 12.7 Å². The number of sulfone groups is 1. The van der Waals surface area contributed by atoms with Gasteiger partial charge >= 0.3 is 11.9 Å². The van der Waals surface area contributed by atoms with E-state index < -0.39 is 33.3 Å². The lowest BCUT2D eigenvalue weighted by molar-refractivity contribution is -0.139. The van der Waals surface area contributed by atoms with Crippen LogP contribution in [0.25, 0.3) is 0 Å². The summed E-state index contributed by atoms with van der Waals surface area (Å²) in [5.41, 5.74) is 0.464. The van der Waals surface area contributed by atoms with Crippen molar-refractivity contribution in [3.8, 4) is 0 Å². The van der Waals surface area contributed by atoms with Gasteiger partial charge in [0.05, 0.1) is 25.0 Å². The van der Waals surface area contributed by atoms with Gasteiger partial charge in [-0.2, -0.15) is 0 Å². The molecule has 0 aliphatic heterocycles. The molecule has 0 aliphatic rings. The number of hydrogen-bond donors (Lipinski definition) is 0. The standard InChI is InChI=1S/C13H16O6S/c1-3-19-12(14)9-20(16,17)8-10-6-4-5-7-11(10)13(15)18-2/h4-7H,3,8-9H2,1-2H3. The monoisotopic (exact) mass is 300 g/mol. The van der Waals surface area contributed by atoms with Crippen molar-refractivity contribution < 1.29 is 27.5 Å². The summed E-state index contributed by atoms with van der Waals surface area (Å²) in [5, 5.41) is 0. The smallest absolute Gasteiger partial charge is 0.338 e. The summed E-state index contributed by atoms with van der Waals surface area (Å²) in [6.45, 7) is 1.71. The highest BCUT2D eigenvalue weighted by Gasteiger charge is 2.21. The van der Waals surface area contributed by atoms with E-state index in [1.165, 1.54) is 19.2 Å². The summed E-state index contributed by atoms with van der Waals surface area (Å²) in [4.78, 5) is 22.8. The second-order valence-electron chi connectivity index (χ2n) is 3.99. The molecule has 7 heteroatoms. The van der Waals surface area contributed by atoms with Crippen molar-refractivity contribution in [1.29, 1.82) is 0 Å². The van der Waals surface area contributed by atoms with Gasteiger partial charge in [0, 0.05) is 0 Å². The Morgan fingerprint density at radius 2 is 1.85 bits per heavy atom. The number of rotatable bonds is 6. The summed E-state index contributed by atoms with van der Waals surface area (Å²) in [6.07, 6.45) is 0. The largest absolute Gasteiger partial charge is 0.465 e. The van der Waals surface area contributed by atoms with E-state index in [0.717, 1.165) is 0 Å². The minimum Gasteiger partial charge on any atom is -0.465 e. The Bertz CT molecular complexity index is 591. The minimum atomic E-state index is -3.70. The van der Waals surface area contributed by atoms with Gasteiger partial charge < -0.3 is 9.47 Å². The van der Waals surface area contributed by atoms with Crippen molar-refractivity contribution in [3.05, 3.63) is 35.4 Å². The van der Waals surface area contributed by atoms with Crippen LogP contribution in [0.2, 0.25) is 0 Å². The molecule has 0 heterocycles. The predicted molar refractivity (Wildman–Crippen MR) is 71.9 cm³/mol. The third-order valence-electron chi connectivity index (χ3n) is 2.44. The number of ether oxygens (including phenoxy) is 2. The summed E-state index contributed by atoms with van der Waals surface area (Å²) in [7, 11) is -2.49. The number of benzene rings is 1. The van der Waals surface area contributed by atoms with Crippen LogP contribution < -0.4 is 0 Å². The van der Waals surface area contributed by atoms with Crippen LogP contribution >= 0.6 is 0 Å². The van der Waals surface area contributed by atoms with Gasteiger partial charge in [-0.05, 0) is 18.6 Å². The molecular weight excluding hydrogens is 284 g/mol. The number of carbonyl (C=O) groups is 2. The SMILES string of the molecule is CCOC(=O)CS(=O)(=O)Cc1ccccc1C(=O)OC. The van der Waals surface area contributed by atoms with E-state index in [-0.39, 0.29) is 12.2 Å². The molecule has 0 aromatic heterocycles. The van der Waals surface area contributed by atoms with E-state index in [1.54, 1.807) is 19.1 Å². The van der Waals surface area contributed by atoms with Crippen LogP contribution in [0.1, 0.15) is 22.8 Å². The van der Waals surface area contributed by atoms with E-state index in [4.69, 9.17) is 0 Å². The van der Waals surface area contributed by atoms with Gasteiger partial charge in [-0.25, -0.2) is 13.2 Å². The van der Waals surface area contributed by atoms with Gasteiger partial charge in [-0.3, -0.25) is 4.79 Å². The van der Waals surface area contributed by atoms with Crippen LogP contribution in [-0.4, -0.2) is 39.8 Å². The zero-order valence-corrected chi connectivity index (χ0v) is 12.1. The van der Waals surface area contributed by atoms with E-state index in [0.29, 0.717) is 5.56 Å². The Kier molecular flexibility index (Phi) is 5.69. The molecule has 6 nitrogen and oxygen atoms in total. The molecule has 0 radical (unpaired) electrons. The average molecular weight is 300 g/mol. The summed E-state index contributed by atoms with van der Waals surface area (Å²) in [6, 6.07) is 6.20. The molecule has 1 rings (SSSR count). The van der Waals surface area contributed by atoms with Crippen LogP contribution in [0.15, 0.2) is 24.3 Å². The second kappa shape index (κ2) is 7.04. The fourth-order valence-corrected chi connectivity index (χ4v) is 2.90. The molecule has 0 aliphatic carbocycles. The molecule has 0 N–H and O–H groups in total. The molecule has 0 unspecified atom stereocenters. The number of esters is 2. The van der Waals surface area contributed by atoms with Gasteiger partial charge in [0.15, 0.2) is 9.84 Å². The minimum absolute atomic E-state index is 0.118. The first kappa shape index (κ1) is 16.2. The Morgan fingerprint density at radius 3 is 2.45 bits per heavy atom. The van der Waals surface area contributed by atoms with E-state index in [2.05, 4.69) is 9.47 Å². The predicted octanol–water partition coefficient (Wildman–Crippen LogP) is 0.951. The van der Waals surface area contributed by atoms with Gasteiger partial charge in [0.25, 0.3) is 0 Å². The van der Waals surface area contributed by atoms with Crippen molar-refractivity contribution in [2.75, 3.05) is 19.5 Å². The van der Waals surface area contributed by atoms with E-state index in [1.807, 2.05) is 0 Å². The molecule has 0 saturated heterocycles. The van der Waals surface area contributed by atoms with Crippen LogP contribution in [0.5, 0.6) is 0 Å². The molecule has 1 aromatic carbocycles. The zero-order chi connectivity index (χ0) is 15.2. The molecule has 0 spiro atoms. The van der Waals surface area contributed by atoms with Crippen molar-refractivity contribution in [1.82, 2.24) is 0 Å². The van der Waals surface area contributed by atoms with Gasteiger partial charge in [0.1, 0.15) is 5.75 Å². The fraction of sp³-hybridized carbons (Fsp3) is 0.385. The van der Waals surface area contributed by atoms with E-state index in [9.17, 15) is 18.0 Å².